The molecule has 1 saturated carbocycles. The van der Waals surface area contributed by atoms with Crippen LogP contribution in [-0.4, -0.2) is 33.0 Å². The van der Waals surface area contributed by atoms with Crippen molar-refractivity contribution in [3.8, 4) is 0 Å². The quantitative estimate of drug-likeness (QED) is 0.841. The number of aryl methyl sites for hydroxylation is 1. The summed E-state index contributed by atoms with van der Waals surface area (Å²) in [7, 11) is -1.57. The van der Waals surface area contributed by atoms with Gasteiger partial charge in [0.15, 0.2) is 0 Å². The van der Waals surface area contributed by atoms with Gasteiger partial charge in [0, 0.05) is 17.8 Å². The van der Waals surface area contributed by atoms with Gasteiger partial charge < -0.3 is 5.32 Å². The van der Waals surface area contributed by atoms with Gasteiger partial charge in [0.1, 0.15) is 0 Å². The molecule has 1 aliphatic carbocycles. The fourth-order valence-corrected chi connectivity index (χ4v) is 5.19. The van der Waals surface area contributed by atoms with Crippen molar-refractivity contribution in [1.29, 1.82) is 0 Å². The van der Waals surface area contributed by atoms with Gasteiger partial charge in [-0.15, -0.1) is 0 Å². The standard InChI is InChI=1S/C15H24N2O2S2/c1-11-7-8-13(9-12(11)10-16-2)21(18,19)17-14-5-4-6-15(14)20-3/h7-9,14-17H,4-6,10H2,1-3H3. The van der Waals surface area contributed by atoms with Gasteiger partial charge in [-0.3, -0.25) is 0 Å². The van der Waals surface area contributed by atoms with E-state index >= 15 is 0 Å². The predicted octanol–water partition coefficient (Wildman–Crippen LogP) is 2.28. The lowest BCUT2D eigenvalue weighted by molar-refractivity contribution is 0.555. The van der Waals surface area contributed by atoms with Crippen molar-refractivity contribution >= 4 is 21.8 Å². The van der Waals surface area contributed by atoms with Crippen molar-refractivity contribution in [3.05, 3.63) is 29.3 Å². The molecule has 2 N–H and O–H groups in total. The smallest absolute Gasteiger partial charge is 0.240 e. The molecule has 1 aromatic rings. The third-order valence-corrected chi connectivity index (χ3v) is 6.72. The highest BCUT2D eigenvalue weighted by Crippen LogP contribution is 2.29. The minimum Gasteiger partial charge on any atom is -0.316 e. The topological polar surface area (TPSA) is 58.2 Å². The highest BCUT2D eigenvalue weighted by Gasteiger charge is 2.30. The Balaban J connectivity index is 2.21. The lowest BCUT2D eigenvalue weighted by atomic mass is 10.1. The largest absolute Gasteiger partial charge is 0.316 e. The van der Waals surface area contributed by atoms with E-state index < -0.39 is 10.0 Å². The highest BCUT2D eigenvalue weighted by atomic mass is 32.2. The van der Waals surface area contributed by atoms with Crippen LogP contribution in [0.5, 0.6) is 0 Å². The number of hydrogen-bond donors (Lipinski definition) is 2. The van der Waals surface area contributed by atoms with E-state index in [4.69, 9.17) is 0 Å². The molecular weight excluding hydrogens is 304 g/mol. The minimum absolute atomic E-state index is 0.0547. The lowest BCUT2D eigenvalue weighted by Gasteiger charge is -2.19. The molecule has 2 atom stereocenters. The first-order valence-corrected chi connectivity index (χ1v) is 10.0. The van der Waals surface area contributed by atoms with E-state index in [0.717, 1.165) is 30.4 Å². The van der Waals surface area contributed by atoms with E-state index in [2.05, 4.69) is 10.0 Å². The molecule has 0 spiro atoms. The first-order valence-electron chi connectivity index (χ1n) is 7.27. The van der Waals surface area contributed by atoms with Gasteiger partial charge in [-0.25, -0.2) is 13.1 Å². The monoisotopic (exact) mass is 328 g/mol. The molecule has 6 heteroatoms. The molecule has 1 aliphatic rings. The lowest BCUT2D eigenvalue weighted by Crippen LogP contribution is -2.38. The highest BCUT2D eigenvalue weighted by molar-refractivity contribution is 7.99. The summed E-state index contributed by atoms with van der Waals surface area (Å²) in [5.74, 6) is 0. The van der Waals surface area contributed by atoms with E-state index in [-0.39, 0.29) is 6.04 Å². The molecule has 2 unspecified atom stereocenters. The van der Waals surface area contributed by atoms with E-state index in [1.165, 1.54) is 0 Å². The molecule has 2 rings (SSSR count). The van der Waals surface area contributed by atoms with E-state index in [1.54, 1.807) is 23.9 Å². The number of benzene rings is 1. The Morgan fingerprint density at radius 3 is 2.76 bits per heavy atom. The molecule has 0 bridgehead atoms. The van der Waals surface area contributed by atoms with Crippen LogP contribution in [0.25, 0.3) is 0 Å². The molecule has 0 radical (unpaired) electrons. The summed E-state index contributed by atoms with van der Waals surface area (Å²) in [6.45, 7) is 2.67. The maximum atomic E-state index is 12.6. The third-order valence-electron chi connectivity index (χ3n) is 4.06. The SMILES string of the molecule is CNCc1cc(S(=O)(=O)NC2CCCC2SC)ccc1C. The fraction of sp³-hybridized carbons (Fsp3) is 0.600. The average Bonchev–Trinajstić information content (AvgIpc) is 2.87. The second kappa shape index (κ2) is 7.13. The van der Waals surface area contributed by atoms with Crippen LogP contribution < -0.4 is 10.0 Å². The van der Waals surface area contributed by atoms with Gasteiger partial charge >= 0.3 is 0 Å². The first kappa shape index (κ1) is 16.8. The Bertz CT molecular complexity index is 587. The molecule has 0 aromatic heterocycles. The van der Waals surface area contributed by atoms with Gasteiger partial charge in [-0.2, -0.15) is 11.8 Å². The average molecular weight is 329 g/mol. The number of hydrogen-bond acceptors (Lipinski definition) is 4. The number of sulfonamides is 1. The number of rotatable bonds is 6. The second-order valence-electron chi connectivity index (χ2n) is 5.55. The Morgan fingerprint density at radius 1 is 1.33 bits per heavy atom. The van der Waals surface area contributed by atoms with E-state index in [9.17, 15) is 8.42 Å². The van der Waals surface area contributed by atoms with Crippen molar-refractivity contribution in [2.75, 3.05) is 13.3 Å². The van der Waals surface area contributed by atoms with Crippen LogP contribution in [0.3, 0.4) is 0 Å². The molecular formula is C15H24N2O2S2. The summed E-state index contributed by atoms with van der Waals surface area (Å²) < 4.78 is 28.0. The van der Waals surface area contributed by atoms with Gasteiger partial charge in [-0.05, 0) is 56.3 Å². The van der Waals surface area contributed by atoms with Crippen molar-refractivity contribution in [3.63, 3.8) is 0 Å². The Labute approximate surface area is 132 Å². The molecule has 1 fully saturated rings. The minimum atomic E-state index is -3.44. The van der Waals surface area contributed by atoms with Crippen molar-refractivity contribution in [2.24, 2.45) is 0 Å². The maximum absolute atomic E-state index is 12.6. The Kier molecular flexibility index (Phi) is 5.71. The number of nitrogens with one attached hydrogen (secondary N) is 2. The summed E-state index contributed by atoms with van der Waals surface area (Å²) in [5.41, 5.74) is 2.12. The fourth-order valence-electron chi connectivity index (χ4n) is 2.81. The van der Waals surface area contributed by atoms with Crippen LogP contribution in [0.2, 0.25) is 0 Å². The molecule has 118 valence electrons. The van der Waals surface area contributed by atoms with Crippen LogP contribution >= 0.6 is 11.8 Å². The predicted molar refractivity (Wildman–Crippen MR) is 89.2 cm³/mol. The van der Waals surface area contributed by atoms with Crippen molar-refractivity contribution in [1.82, 2.24) is 10.0 Å². The van der Waals surface area contributed by atoms with Gasteiger partial charge in [0.25, 0.3) is 0 Å². The van der Waals surface area contributed by atoms with E-state index in [1.807, 2.05) is 26.3 Å². The zero-order valence-electron chi connectivity index (χ0n) is 12.8. The summed E-state index contributed by atoms with van der Waals surface area (Å²) in [4.78, 5) is 0.366. The third kappa shape index (κ3) is 4.00. The van der Waals surface area contributed by atoms with Crippen LogP contribution in [0.15, 0.2) is 23.1 Å². The summed E-state index contributed by atoms with van der Waals surface area (Å²) in [6.07, 6.45) is 5.17. The summed E-state index contributed by atoms with van der Waals surface area (Å²) in [5, 5.41) is 3.46. The summed E-state index contributed by atoms with van der Waals surface area (Å²) in [6, 6.07) is 5.40. The molecule has 0 aliphatic heterocycles. The first-order chi connectivity index (χ1) is 9.97. The zero-order valence-corrected chi connectivity index (χ0v) is 14.5. The molecule has 21 heavy (non-hydrogen) atoms. The molecule has 1 aromatic carbocycles. The maximum Gasteiger partial charge on any atom is 0.240 e. The van der Waals surface area contributed by atoms with Crippen LogP contribution in [-0.2, 0) is 16.6 Å². The second-order valence-corrected chi connectivity index (χ2v) is 8.34. The molecule has 0 heterocycles. The van der Waals surface area contributed by atoms with Crippen molar-refractivity contribution < 1.29 is 8.42 Å². The molecule has 0 saturated heterocycles. The molecule has 4 nitrogen and oxygen atoms in total. The number of thioether (sulfide) groups is 1. The normalized spacial score (nSPS) is 22.6. The molecule has 0 amide bonds. The van der Waals surface area contributed by atoms with Gasteiger partial charge in [0.05, 0.1) is 4.90 Å². The van der Waals surface area contributed by atoms with Crippen molar-refractivity contribution in [2.45, 2.75) is 48.9 Å². The van der Waals surface area contributed by atoms with Gasteiger partial charge in [-0.1, -0.05) is 12.5 Å². The Hall–Kier alpha value is -0.560. The zero-order chi connectivity index (χ0) is 15.5. The van der Waals surface area contributed by atoms with Crippen LogP contribution in [0.4, 0.5) is 0 Å². The van der Waals surface area contributed by atoms with Crippen LogP contribution in [0.1, 0.15) is 30.4 Å². The van der Waals surface area contributed by atoms with Crippen LogP contribution in [0, 0.1) is 6.92 Å². The summed E-state index contributed by atoms with van der Waals surface area (Å²) >= 11 is 1.75. The van der Waals surface area contributed by atoms with E-state index in [0.29, 0.717) is 16.7 Å². The van der Waals surface area contributed by atoms with Gasteiger partial charge in [0.2, 0.25) is 10.0 Å². The Morgan fingerprint density at radius 2 is 2.10 bits per heavy atom.